The molecule has 0 spiro atoms. The Labute approximate surface area is 150 Å². The quantitative estimate of drug-likeness (QED) is 0.608. The normalized spacial score (nSPS) is 15.4. The van der Waals surface area contributed by atoms with Gasteiger partial charge in [-0.2, -0.15) is 0 Å². The first-order chi connectivity index (χ1) is 11.5. The van der Waals surface area contributed by atoms with E-state index in [-0.39, 0.29) is 10.6 Å². The van der Waals surface area contributed by atoms with Gasteiger partial charge in [0.05, 0.1) is 16.3 Å². The van der Waals surface area contributed by atoms with E-state index in [1.165, 1.54) is 23.4 Å². The predicted octanol–water partition coefficient (Wildman–Crippen LogP) is 5.09. The second kappa shape index (κ2) is 6.99. The minimum absolute atomic E-state index is 0.252. The molecule has 0 aliphatic heterocycles. The number of carbonyl (C=O) groups excluding carboxylic acids is 1. The Morgan fingerprint density at radius 3 is 2.83 bits per heavy atom. The molecule has 0 radical (unpaired) electrons. The van der Waals surface area contributed by atoms with Crippen LogP contribution in [0.15, 0.2) is 23.4 Å². The third-order valence-corrected chi connectivity index (χ3v) is 4.81. The summed E-state index contributed by atoms with van der Waals surface area (Å²) in [5, 5.41) is 4.86. The largest absolute Gasteiger partial charge is 0.367 e. The fourth-order valence-corrected chi connectivity index (χ4v) is 3.65. The van der Waals surface area contributed by atoms with Crippen molar-refractivity contribution in [2.24, 2.45) is 5.16 Å². The van der Waals surface area contributed by atoms with Crippen molar-refractivity contribution in [1.29, 1.82) is 0 Å². The van der Waals surface area contributed by atoms with E-state index in [2.05, 4.69) is 24.0 Å². The molecular weight excluding hydrogens is 347 g/mol. The Morgan fingerprint density at radius 2 is 2.12 bits per heavy atom. The fraction of sp³-hybridized carbons (Fsp3) is 0.333. The maximum absolute atomic E-state index is 12.2. The number of hydrogen-bond acceptors (Lipinski definition) is 3. The standard InChI is InChI=1S/C18H18Cl2N2O2/c1-3-12-10(2)21-15-5-4-6-16(17(12)15)22-24-18(23)13-8-7-11(19)9-14(13)20/h7-9,21H,3-6H2,1-2H3. The number of halogens is 2. The van der Waals surface area contributed by atoms with Gasteiger partial charge >= 0.3 is 5.97 Å². The summed E-state index contributed by atoms with van der Waals surface area (Å²) in [6.07, 6.45) is 3.67. The van der Waals surface area contributed by atoms with Crippen molar-refractivity contribution >= 4 is 34.9 Å². The third kappa shape index (κ3) is 3.21. The highest BCUT2D eigenvalue weighted by Crippen LogP contribution is 2.28. The van der Waals surface area contributed by atoms with Crippen molar-refractivity contribution < 1.29 is 9.63 Å². The van der Waals surface area contributed by atoms with Crippen molar-refractivity contribution in [3.63, 3.8) is 0 Å². The lowest BCUT2D eigenvalue weighted by Gasteiger charge is -2.15. The Kier molecular flexibility index (Phi) is 4.97. The number of fused-ring (bicyclic) bond motifs is 1. The molecule has 3 rings (SSSR count). The van der Waals surface area contributed by atoms with Gasteiger partial charge < -0.3 is 9.82 Å². The lowest BCUT2D eigenvalue weighted by Crippen LogP contribution is -2.14. The second-order valence-corrected chi connectivity index (χ2v) is 6.67. The number of aromatic amines is 1. The van der Waals surface area contributed by atoms with Crippen LogP contribution in [0.25, 0.3) is 0 Å². The topological polar surface area (TPSA) is 54.4 Å². The number of H-pyrrole nitrogens is 1. The summed E-state index contributed by atoms with van der Waals surface area (Å²) >= 11 is 11.9. The van der Waals surface area contributed by atoms with E-state index < -0.39 is 5.97 Å². The van der Waals surface area contributed by atoms with Crippen LogP contribution in [0, 0.1) is 6.92 Å². The minimum atomic E-state index is -0.582. The fourth-order valence-electron chi connectivity index (χ4n) is 3.16. The number of hydrogen-bond donors (Lipinski definition) is 1. The minimum Gasteiger partial charge on any atom is -0.362 e. The van der Waals surface area contributed by atoms with Crippen LogP contribution in [0.3, 0.4) is 0 Å². The summed E-state index contributed by atoms with van der Waals surface area (Å²) in [4.78, 5) is 20.8. The summed E-state index contributed by atoms with van der Waals surface area (Å²) in [6, 6.07) is 4.65. The van der Waals surface area contributed by atoms with E-state index >= 15 is 0 Å². The summed E-state index contributed by atoms with van der Waals surface area (Å²) < 4.78 is 0. The van der Waals surface area contributed by atoms with E-state index in [0.29, 0.717) is 5.02 Å². The molecule has 6 heteroatoms. The van der Waals surface area contributed by atoms with Crippen LogP contribution in [0.1, 0.15) is 52.6 Å². The van der Waals surface area contributed by atoms with Crippen molar-refractivity contribution in [1.82, 2.24) is 4.98 Å². The summed E-state index contributed by atoms with van der Waals surface area (Å²) in [5.41, 5.74) is 5.75. The molecule has 4 nitrogen and oxygen atoms in total. The highest BCUT2D eigenvalue weighted by molar-refractivity contribution is 6.36. The molecule has 126 valence electrons. The van der Waals surface area contributed by atoms with Crippen LogP contribution < -0.4 is 0 Å². The van der Waals surface area contributed by atoms with Gasteiger partial charge in [-0.3, -0.25) is 0 Å². The number of benzene rings is 1. The van der Waals surface area contributed by atoms with Crippen LogP contribution in [-0.4, -0.2) is 16.7 Å². The highest BCUT2D eigenvalue weighted by atomic mass is 35.5. The average molecular weight is 365 g/mol. The first-order valence-corrected chi connectivity index (χ1v) is 8.70. The molecule has 0 saturated carbocycles. The van der Waals surface area contributed by atoms with E-state index in [1.807, 2.05) is 0 Å². The number of oxime groups is 1. The number of aromatic nitrogens is 1. The molecule has 1 heterocycles. The lowest BCUT2D eigenvalue weighted by atomic mass is 9.92. The monoisotopic (exact) mass is 364 g/mol. The predicted molar refractivity (Wildman–Crippen MR) is 96.3 cm³/mol. The maximum atomic E-state index is 12.2. The van der Waals surface area contributed by atoms with Crippen LogP contribution in [-0.2, 0) is 17.7 Å². The number of nitrogens with one attached hydrogen (secondary N) is 1. The van der Waals surface area contributed by atoms with Crippen LogP contribution >= 0.6 is 23.2 Å². The van der Waals surface area contributed by atoms with Crippen LogP contribution in [0.5, 0.6) is 0 Å². The van der Waals surface area contributed by atoms with Crippen LogP contribution in [0.4, 0.5) is 0 Å². The van der Waals surface area contributed by atoms with E-state index in [1.54, 1.807) is 6.07 Å². The number of rotatable bonds is 3. The SMILES string of the molecule is CCc1c(C)[nH]c2c1C(=NOC(=O)c1ccc(Cl)cc1Cl)CCC2. The molecule has 0 atom stereocenters. The smallest absolute Gasteiger partial charge is 0.362 e. The Hall–Kier alpha value is -1.78. The molecule has 1 aromatic heterocycles. The molecule has 1 aliphatic rings. The molecular formula is C18H18Cl2N2O2. The van der Waals surface area contributed by atoms with Gasteiger partial charge in [0.1, 0.15) is 0 Å². The first kappa shape index (κ1) is 17.1. The zero-order valence-electron chi connectivity index (χ0n) is 13.6. The van der Waals surface area contributed by atoms with Crippen molar-refractivity contribution in [3.8, 4) is 0 Å². The zero-order valence-corrected chi connectivity index (χ0v) is 15.1. The summed E-state index contributed by atoms with van der Waals surface area (Å²) in [7, 11) is 0. The van der Waals surface area contributed by atoms with Gasteiger partial charge in [0.25, 0.3) is 0 Å². The lowest BCUT2D eigenvalue weighted by molar-refractivity contribution is 0.0515. The first-order valence-electron chi connectivity index (χ1n) is 7.95. The number of aryl methyl sites for hydroxylation is 2. The third-order valence-electron chi connectivity index (χ3n) is 4.27. The van der Waals surface area contributed by atoms with Crippen molar-refractivity contribution in [3.05, 3.63) is 56.3 Å². The molecule has 0 unspecified atom stereocenters. The molecule has 24 heavy (non-hydrogen) atoms. The molecule has 0 amide bonds. The van der Waals surface area contributed by atoms with Crippen molar-refractivity contribution in [2.45, 2.75) is 39.5 Å². The van der Waals surface area contributed by atoms with Crippen LogP contribution in [0.2, 0.25) is 10.0 Å². The van der Waals surface area contributed by atoms with Crippen molar-refractivity contribution in [2.75, 3.05) is 0 Å². The molecule has 1 aromatic carbocycles. The average Bonchev–Trinajstić information content (AvgIpc) is 2.88. The number of carbonyl (C=O) groups is 1. The van der Waals surface area contributed by atoms with Gasteiger partial charge in [-0.15, -0.1) is 0 Å². The molecule has 0 saturated heterocycles. The van der Waals surface area contributed by atoms with Gasteiger partial charge in [0.2, 0.25) is 0 Å². The Bertz CT molecular complexity index is 825. The summed E-state index contributed by atoms with van der Waals surface area (Å²) in [6.45, 7) is 4.18. The van der Waals surface area contributed by atoms with Gasteiger partial charge in [-0.25, -0.2) is 4.79 Å². The van der Waals surface area contributed by atoms with Gasteiger partial charge in [0.15, 0.2) is 0 Å². The van der Waals surface area contributed by atoms with E-state index in [0.717, 1.165) is 42.7 Å². The van der Waals surface area contributed by atoms with Gasteiger partial charge in [-0.05, 0) is 56.4 Å². The molecule has 0 fully saturated rings. The molecule has 2 aromatic rings. The molecule has 0 bridgehead atoms. The van der Waals surface area contributed by atoms with Gasteiger partial charge in [0, 0.05) is 22.0 Å². The number of nitrogens with zero attached hydrogens (tertiary/aromatic N) is 1. The van der Waals surface area contributed by atoms with E-state index in [9.17, 15) is 4.79 Å². The Balaban J connectivity index is 1.87. The summed E-state index contributed by atoms with van der Waals surface area (Å²) in [5.74, 6) is -0.582. The van der Waals surface area contributed by atoms with E-state index in [4.69, 9.17) is 28.0 Å². The van der Waals surface area contributed by atoms with Gasteiger partial charge in [-0.1, -0.05) is 35.3 Å². The highest BCUT2D eigenvalue weighted by Gasteiger charge is 2.23. The molecule has 1 aliphatic carbocycles. The second-order valence-electron chi connectivity index (χ2n) is 5.83. The Morgan fingerprint density at radius 1 is 1.33 bits per heavy atom. The molecule has 1 N–H and O–H groups in total. The maximum Gasteiger partial charge on any atom is 0.367 e. The zero-order chi connectivity index (χ0) is 17.3.